The van der Waals surface area contributed by atoms with Gasteiger partial charge in [-0.3, -0.25) is 4.79 Å². The zero-order chi connectivity index (χ0) is 19.3. The third-order valence-corrected chi connectivity index (χ3v) is 7.25. The minimum atomic E-state index is -0.273. The maximum absolute atomic E-state index is 14.2. The first-order valence-electron chi connectivity index (χ1n) is 9.66. The molecule has 3 heterocycles. The van der Waals surface area contributed by atoms with Crippen LogP contribution in [0, 0.1) is 5.82 Å². The van der Waals surface area contributed by atoms with E-state index in [9.17, 15) is 9.18 Å². The second kappa shape index (κ2) is 9.15. The molecule has 148 valence electrons. The Morgan fingerprint density at radius 2 is 2.04 bits per heavy atom. The van der Waals surface area contributed by atoms with Crippen LogP contribution < -0.4 is 5.32 Å². The van der Waals surface area contributed by atoms with Crippen LogP contribution in [0.25, 0.3) is 20.3 Å². The van der Waals surface area contributed by atoms with Gasteiger partial charge in [-0.15, -0.1) is 11.3 Å². The van der Waals surface area contributed by atoms with Crippen molar-refractivity contribution in [3.63, 3.8) is 0 Å². The molecular weight excluding hydrogens is 395 g/mol. The van der Waals surface area contributed by atoms with Crippen LogP contribution in [0.2, 0.25) is 0 Å². The van der Waals surface area contributed by atoms with Crippen molar-refractivity contribution in [1.82, 2.24) is 20.2 Å². The second-order valence-corrected chi connectivity index (χ2v) is 8.98. The standard InChI is InChI=1S/C20H23FN4OS2/c21-14-6-5-7-15-17(14)18-19(28-15)20(24-13-23-18)27-12-16(26)22-8-11-25-9-3-1-2-4-10-25/h5-7,13H,1-4,8-12H2,(H,22,26). The molecule has 1 aliphatic heterocycles. The number of thioether (sulfide) groups is 1. The first-order chi connectivity index (χ1) is 13.7. The first kappa shape index (κ1) is 19.5. The first-order valence-corrected chi connectivity index (χ1v) is 11.5. The lowest BCUT2D eigenvalue weighted by Crippen LogP contribution is -2.36. The van der Waals surface area contributed by atoms with E-state index in [4.69, 9.17) is 0 Å². The molecular formula is C20H23FN4OS2. The quantitative estimate of drug-likeness (QED) is 0.483. The van der Waals surface area contributed by atoms with Gasteiger partial charge in [-0.1, -0.05) is 30.7 Å². The zero-order valence-corrected chi connectivity index (χ0v) is 17.3. The van der Waals surface area contributed by atoms with E-state index in [2.05, 4.69) is 20.2 Å². The van der Waals surface area contributed by atoms with Gasteiger partial charge in [0.1, 0.15) is 17.2 Å². The normalized spacial score (nSPS) is 15.8. The highest BCUT2D eigenvalue weighted by Crippen LogP contribution is 2.38. The third kappa shape index (κ3) is 4.45. The minimum absolute atomic E-state index is 0.00104. The molecule has 1 fully saturated rings. The molecule has 1 aliphatic rings. The molecule has 4 rings (SSSR count). The van der Waals surface area contributed by atoms with Crippen LogP contribution in [0.15, 0.2) is 29.6 Å². The van der Waals surface area contributed by atoms with Gasteiger partial charge in [-0.2, -0.15) is 0 Å². The molecule has 0 unspecified atom stereocenters. The molecule has 0 aliphatic carbocycles. The van der Waals surface area contributed by atoms with Gasteiger partial charge in [0.15, 0.2) is 0 Å². The number of nitrogens with one attached hydrogen (secondary N) is 1. The van der Waals surface area contributed by atoms with Crippen LogP contribution in [0.5, 0.6) is 0 Å². The summed E-state index contributed by atoms with van der Waals surface area (Å²) < 4.78 is 15.9. The Balaban J connectivity index is 1.35. The summed E-state index contributed by atoms with van der Waals surface area (Å²) in [5, 5.41) is 4.27. The predicted molar refractivity (Wildman–Crippen MR) is 114 cm³/mol. The summed E-state index contributed by atoms with van der Waals surface area (Å²) in [5.74, 6) is 0.0200. The van der Waals surface area contributed by atoms with Crippen molar-refractivity contribution < 1.29 is 9.18 Å². The average Bonchev–Trinajstić information content (AvgIpc) is 2.89. The van der Waals surface area contributed by atoms with Crippen molar-refractivity contribution in [3.8, 4) is 0 Å². The third-order valence-electron chi connectivity index (χ3n) is 4.98. The van der Waals surface area contributed by atoms with Crippen molar-refractivity contribution in [2.45, 2.75) is 30.7 Å². The fourth-order valence-corrected chi connectivity index (χ4v) is 5.63. The molecule has 1 saturated heterocycles. The number of nitrogens with zero attached hydrogens (tertiary/aromatic N) is 3. The number of carbonyl (C=O) groups excluding carboxylic acids is 1. The van der Waals surface area contributed by atoms with Crippen molar-refractivity contribution >= 4 is 49.3 Å². The van der Waals surface area contributed by atoms with Gasteiger partial charge in [-0.25, -0.2) is 14.4 Å². The van der Waals surface area contributed by atoms with E-state index >= 15 is 0 Å². The largest absolute Gasteiger partial charge is 0.354 e. The maximum atomic E-state index is 14.2. The smallest absolute Gasteiger partial charge is 0.230 e. The lowest BCUT2D eigenvalue weighted by Gasteiger charge is -2.19. The van der Waals surface area contributed by atoms with Crippen molar-refractivity contribution in [2.75, 3.05) is 31.9 Å². The molecule has 5 nitrogen and oxygen atoms in total. The number of hydrogen-bond donors (Lipinski definition) is 1. The number of hydrogen-bond acceptors (Lipinski definition) is 6. The topological polar surface area (TPSA) is 58.1 Å². The molecule has 0 bridgehead atoms. The van der Waals surface area contributed by atoms with Crippen LogP contribution in [0.3, 0.4) is 0 Å². The fraction of sp³-hybridized carbons (Fsp3) is 0.450. The van der Waals surface area contributed by atoms with E-state index < -0.39 is 0 Å². The Bertz CT molecular complexity index is 969. The predicted octanol–water partition coefficient (Wildman–Crippen LogP) is 4.07. The van der Waals surface area contributed by atoms with Crippen LogP contribution >= 0.6 is 23.1 Å². The summed E-state index contributed by atoms with van der Waals surface area (Å²) in [7, 11) is 0. The molecule has 0 radical (unpaired) electrons. The summed E-state index contributed by atoms with van der Waals surface area (Å²) in [6, 6.07) is 5.03. The minimum Gasteiger partial charge on any atom is -0.354 e. The Labute approximate surface area is 171 Å². The molecule has 0 atom stereocenters. The zero-order valence-electron chi connectivity index (χ0n) is 15.6. The van der Waals surface area contributed by atoms with Crippen molar-refractivity contribution in [3.05, 3.63) is 30.3 Å². The number of fused-ring (bicyclic) bond motifs is 3. The summed E-state index contributed by atoms with van der Waals surface area (Å²) in [6.07, 6.45) is 6.58. The lowest BCUT2D eigenvalue weighted by atomic mass is 10.2. The number of amides is 1. The van der Waals surface area contributed by atoms with E-state index in [0.717, 1.165) is 34.1 Å². The summed E-state index contributed by atoms with van der Waals surface area (Å²) in [5.41, 5.74) is 0.622. The highest BCUT2D eigenvalue weighted by molar-refractivity contribution is 8.00. The molecule has 3 aromatic rings. The fourth-order valence-electron chi connectivity index (χ4n) is 3.56. The van der Waals surface area contributed by atoms with E-state index in [0.29, 0.717) is 23.2 Å². The molecule has 1 aromatic carbocycles. The number of carbonyl (C=O) groups is 1. The molecule has 28 heavy (non-hydrogen) atoms. The van der Waals surface area contributed by atoms with Gasteiger partial charge in [0, 0.05) is 17.8 Å². The van der Waals surface area contributed by atoms with Gasteiger partial charge >= 0.3 is 0 Å². The molecule has 2 aromatic heterocycles. The molecule has 1 N–H and O–H groups in total. The number of thiophene rings is 1. The molecule has 8 heteroatoms. The van der Waals surface area contributed by atoms with E-state index in [1.807, 2.05) is 6.07 Å². The highest BCUT2D eigenvalue weighted by atomic mass is 32.2. The summed E-state index contributed by atoms with van der Waals surface area (Å²) >= 11 is 2.85. The number of halogens is 1. The monoisotopic (exact) mass is 418 g/mol. The Hall–Kier alpha value is -1.77. The van der Waals surface area contributed by atoms with Crippen LogP contribution in [0.4, 0.5) is 4.39 Å². The van der Waals surface area contributed by atoms with Gasteiger partial charge < -0.3 is 10.2 Å². The Morgan fingerprint density at radius 1 is 1.21 bits per heavy atom. The van der Waals surface area contributed by atoms with E-state index in [1.165, 1.54) is 61.2 Å². The van der Waals surface area contributed by atoms with Crippen LogP contribution in [-0.2, 0) is 4.79 Å². The maximum Gasteiger partial charge on any atom is 0.230 e. The molecule has 0 spiro atoms. The van der Waals surface area contributed by atoms with Crippen molar-refractivity contribution in [2.24, 2.45) is 0 Å². The number of benzene rings is 1. The number of rotatable bonds is 6. The number of aromatic nitrogens is 2. The van der Waals surface area contributed by atoms with E-state index in [1.54, 1.807) is 6.07 Å². The van der Waals surface area contributed by atoms with Crippen molar-refractivity contribution in [1.29, 1.82) is 0 Å². The summed E-state index contributed by atoms with van der Waals surface area (Å²) in [4.78, 5) is 23.3. The number of likely N-dealkylation sites (tertiary alicyclic amines) is 1. The Morgan fingerprint density at radius 3 is 2.86 bits per heavy atom. The van der Waals surface area contributed by atoms with Gasteiger partial charge in [0.2, 0.25) is 5.91 Å². The Kier molecular flexibility index (Phi) is 6.39. The van der Waals surface area contributed by atoms with Gasteiger partial charge in [0.05, 0.1) is 21.4 Å². The highest BCUT2D eigenvalue weighted by Gasteiger charge is 2.15. The SMILES string of the molecule is O=C(CSc1ncnc2c1sc1cccc(F)c12)NCCN1CCCCCC1. The van der Waals surface area contributed by atoms with Gasteiger partial charge in [0.25, 0.3) is 0 Å². The second-order valence-electron chi connectivity index (χ2n) is 6.97. The average molecular weight is 419 g/mol. The van der Waals surface area contributed by atoms with Gasteiger partial charge in [-0.05, 0) is 38.1 Å². The van der Waals surface area contributed by atoms with Crippen LogP contribution in [-0.4, -0.2) is 52.7 Å². The molecule has 0 saturated carbocycles. The van der Waals surface area contributed by atoms with Crippen LogP contribution in [0.1, 0.15) is 25.7 Å². The summed E-state index contributed by atoms with van der Waals surface area (Å²) in [6.45, 7) is 3.84. The lowest BCUT2D eigenvalue weighted by molar-refractivity contribution is -0.118. The molecule has 1 amide bonds. The van der Waals surface area contributed by atoms with E-state index in [-0.39, 0.29) is 11.7 Å².